The fourth-order valence-corrected chi connectivity index (χ4v) is 5.00. The predicted octanol–water partition coefficient (Wildman–Crippen LogP) is 3.33. The van der Waals surface area contributed by atoms with Crippen LogP contribution in [0.5, 0.6) is 5.75 Å². The molecule has 1 saturated carbocycles. The molecule has 2 aromatic carbocycles. The van der Waals surface area contributed by atoms with Gasteiger partial charge in [0.2, 0.25) is 10.0 Å². The lowest BCUT2D eigenvalue weighted by molar-refractivity contribution is 0.0785. The van der Waals surface area contributed by atoms with E-state index >= 15 is 0 Å². The summed E-state index contributed by atoms with van der Waals surface area (Å²) >= 11 is 0. The normalized spacial score (nSPS) is 14.7. The van der Waals surface area contributed by atoms with E-state index in [2.05, 4.69) is 4.72 Å². The van der Waals surface area contributed by atoms with Gasteiger partial charge in [-0.25, -0.2) is 17.5 Å². The lowest BCUT2D eigenvalue weighted by atomic mass is 10.1. The Bertz CT molecular complexity index is 971. The highest BCUT2D eigenvalue weighted by Crippen LogP contribution is 2.27. The smallest absolute Gasteiger partial charge is 0.253 e. The van der Waals surface area contributed by atoms with E-state index in [1.54, 1.807) is 19.2 Å². The fraction of sp³-hybridized carbons (Fsp3) is 0.381. The molecule has 0 aromatic heterocycles. The van der Waals surface area contributed by atoms with Crippen LogP contribution in [-0.2, 0) is 16.6 Å². The average Bonchev–Trinajstić information content (AvgIpc) is 3.21. The average molecular weight is 421 g/mol. The van der Waals surface area contributed by atoms with Gasteiger partial charge in [0.15, 0.2) is 0 Å². The number of nitrogens with zero attached hydrogens (tertiary/aromatic N) is 1. The first-order valence-corrected chi connectivity index (χ1v) is 11.0. The van der Waals surface area contributed by atoms with E-state index in [9.17, 15) is 17.6 Å². The second-order valence-electron chi connectivity index (χ2n) is 7.26. The van der Waals surface area contributed by atoms with Crippen LogP contribution in [0.25, 0.3) is 0 Å². The molecule has 1 amide bonds. The van der Waals surface area contributed by atoms with Gasteiger partial charge < -0.3 is 9.64 Å². The number of benzene rings is 2. The van der Waals surface area contributed by atoms with Gasteiger partial charge in [0.1, 0.15) is 16.5 Å². The zero-order valence-electron chi connectivity index (χ0n) is 16.5. The molecule has 0 unspecified atom stereocenters. The van der Waals surface area contributed by atoms with Crippen LogP contribution in [0.15, 0.2) is 47.4 Å². The van der Waals surface area contributed by atoms with Gasteiger partial charge >= 0.3 is 0 Å². The summed E-state index contributed by atoms with van der Waals surface area (Å²) in [6.07, 6.45) is 3.61. The van der Waals surface area contributed by atoms with Crippen LogP contribution in [0.3, 0.4) is 0 Å². The molecule has 0 radical (unpaired) electrons. The first kappa shape index (κ1) is 21.3. The minimum Gasteiger partial charge on any atom is -0.495 e. The molecule has 1 N–H and O–H groups in total. The van der Waals surface area contributed by atoms with Crippen molar-refractivity contribution in [3.8, 4) is 5.75 Å². The number of nitrogens with one attached hydrogen (secondary N) is 1. The van der Waals surface area contributed by atoms with E-state index in [-0.39, 0.29) is 40.5 Å². The minimum absolute atomic E-state index is 0.0482. The van der Waals surface area contributed by atoms with Crippen LogP contribution in [0, 0.1) is 5.82 Å². The van der Waals surface area contributed by atoms with E-state index in [1.165, 1.54) is 42.3 Å². The number of sulfonamides is 1. The van der Waals surface area contributed by atoms with Gasteiger partial charge in [0.05, 0.1) is 7.11 Å². The predicted molar refractivity (Wildman–Crippen MR) is 108 cm³/mol. The van der Waals surface area contributed by atoms with Crippen molar-refractivity contribution in [3.63, 3.8) is 0 Å². The van der Waals surface area contributed by atoms with Crippen LogP contribution in [0.1, 0.15) is 41.6 Å². The molecule has 2 aromatic rings. The summed E-state index contributed by atoms with van der Waals surface area (Å²) in [5.74, 6) is -0.495. The SMILES string of the molecule is COc1ccc(C(=O)N(C)Cc2ccc(F)cc2)cc1S(=O)(=O)NC1CCCC1. The summed E-state index contributed by atoms with van der Waals surface area (Å²) in [5, 5.41) is 0. The molecule has 1 aliphatic carbocycles. The van der Waals surface area contributed by atoms with Gasteiger partial charge in [-0.05, 0) is 48.7 Å². The van der Waals surface area contributed by atoms with E-state index < -0.39 is 10.0 Å². The van der Waals surface area contributed by atoms with Gasteiger partial charge in [-0.15, -0.1) is 0 Å². The number of methoxy groups -OCH3 is 1. The summed E-state index contributed by atoms with van der Waals surface area (Å²) in [6.45, 7) is 0.271. The van der Waals surface area contributed by atoms with Crippen molar-refractivity contribution in [2.24, 2.45) is 0 Å². The van der Waals surface area contributed by atoms with E-state index in [1.807, 2.05) is 0 Å². The van der Waals surface area contributed by atoms with Crippen molar-refractivity contribution in [1.29, 1.82) is 0 Å². The maximum Gasteiger partial charge on any atom is 0.253 e. The molecule has 6 nitrogen and oxygen atoms in total. The van der Waals surface area contributed by atoms with Gasteiger partial charge in [0, 0.05) is 25.2 Å². The molecule has 0 heterocycles. The molecule has 29 heavy (non-hydrogen) atoms. The highest BCUT2D eigenvalue weighted by Gasteiger charge is 2.27. The fourth-order valence-electron chi connectivity index (χ4n) is 3.50. The summed E-state index contributed by atoms with van der Waals surface area (Å²) < 4.78 is 46.8. The summed E-state index contributed by atoms with van der Waals surface area (Å²) in [6, 6.07) is 10.2. The molecule has 1 fully saturated rings. The van der Waals surface area contributed by atoms with Crippen LogP contribution in [0.2, 0.25) is 0 Å². The molecule has 0 bridgehead atoms. The largest absolute Gasteiger partial charge is 0.495 e. The molecule has 3 rings (SSSR count). The molecular formula is C21H25FN2O4S. The number of amides is 1. The lowest BCUT2D eigenvalue weighted by Gasteiger charge is -2.19. The number of carbonyl (C=O) groups is 1. The monoisotopic (exact) mass is 420 g/mol. The number of hydrogen-bond donors (Lipinski definition) is 1. The summed E-state index contributed by atoms with van der Waals surface area (Å²) in [4.78, 5) is 14.2. The highest BCUT2D eigenvalue weighted by molar-refractivity contribution is 7.89. The number of rotatable bonds is 7. The molecule has 8 heteroatoms. The summed E-state index contributed by atoms with van der Waals surface area (Å²) in [5.41, 5.74) is 1.01. The van der Waals surface area contributed by atoms with Gasteiger partial charge in [-0.2, -0.15) is 0 Å². The third kappa shape index (κ3) is 5.13. The Morgan fingerprint density at radius 3 is 2.45 bits per heavy atom. The Kier molecular flexibility index (Phi) is 6.54. The molecule has 156 valence electrons. The highest BCUT2D eigenvalue weighted by atomic mass is 32.2. The molecule has 1 aliphatic rings. The number of hydrogen-bond acceptors (Lipinski definition) is 4. The van der Waals surface area contributed by atoms with Crippen molar-refractivity contribution in [1.82, 2.24) is 9.62 Å². The quantitative estimate of drug-likeness (QED) is 0.746. The van der Waals surface area contributed by atoms with Crippen molar-refractivity contribution in [2.75, 3.05) is 14.2 Å². The molecule has 0 aliphatic heterocycles. The van der Waals surface area contributed by atoms with Crippen LogP contribution in [-0.4, -0.2) is 39.4 Å². The topological polar surface area (TPSA) is 75.7 Å². The zero-order chi connectivity index (χ0) is 21.0. The van der Waals surface area contributed by atoms with E-state index in [0.717, 1.165) is 31.2 Å². The van der Waals surface area contributed by atoms with Gasteiger partial charge in [0.25, 0.3) is 5.91 Å². The number of halogens is 1. The Hall–Kier alpha value is -2.45. The third-order valence-corrected chi connectivity index (χ3v) is 6.60. The second kappa shape index (κ2) is 8.92. The lowest BCUT2D eigenvalue weighted by Crippen LogP contribution is -2.33. The minimum atomic E-state index is -3.82. The van der Waals surface area contributed by atoms with E-state index in [0.29, 0.717) is 0 Å². The number of ether oxygens (including phenoxy) is 1. The standard InChI is InChI=1S/C21H25FN2O4S/c1-24(14-15-7-10-17(22)11-8-15)21(25)16-9-12-19(28-2)20(13-16)29(26,27)23-18-5-3-4-6-18/h7-13,18,23H,3-6,14H2,1-2H3. The molecule has 0 saturated heterocycles. The maximum atomic E-state index is 13.1. The third-order valence-electron chi connectivity index (χ3n) is 5.06. The Balaban J connectivity index is 1.83. The van der Waals surface area contributed by atoms with Gasteiger partial charge in [-0.3, -0.25) is 4.79 Å². The van der Waals surface area contributed by atoms with Gasteiger partial charge in [-0.1, -0.05) is 25.0 Å². The zero-order valence-corrected chi connectivity index (χ0v) is 17.3. The first-order chi connectivity index (χ1) is 13.8. The molecule has 0 atom stereocenters. The van der Waals surface area contributed by atoms with Crippen LogP contribution in [0.4, 0.5) is 4.39 Å². The maximum absolute atomic E-state index is 13.1. The van der Waals surface area contributed by atoms with E-state index in [4.69, 9.17) is 4.74 Å². The van der Waals surface area contributed by atoms with Crippen molar-refractivity contribution < 1.29 is 22.3 Å². The summed E-state index contributed by atoms with van der Waals surface area (Å²) in [7, 11) is -0.812. The Labute approximate surface area is 170 Å². The van der Waals surface area contributed by atoms with Crippen LogP contribution >= 0.6 is 0 Å². The molecule has 0 spiro atoms. The Morgan fingerprint density at radius 2 is 1.83 bits per heavy atom. The van der Waals surface area contributed by atoms with Crippen molar-refractivity contribution in [2.45, 2.75) is 43.2 Å². The first-order valence-electron chi connectivity index (χ1n) is 9.50. The van der Waals surface area contributed by atoms with Crippen molar-refractivity contribution in [3.05, 3.63) is 59.4 Å². The Morgan fingerprint density at radius 1 is 1.17 bits per heavy atom. The second-order valence-corrected chi connectivity index (χ2v) is 8.94. The van der Waals surface area contributed by atoms with Crippen molar-refractivity contribution >= 4 is 15.9 Å². The van der Waals surface area contributed by atoms with Crippen LogP contribution < -0.4 is 9.46 Å². The molecular weight excluding hydrogens is 395 g/mol. The number of carbonyl (C=O) groups excluding carboxylic acids is 1.